The predicted molar refractivity (Wildman–Crippen MR) is 138 cm³/mol. The number of carbonyl (C=O) groups is 6. The van der Waals surface area contributed by atoms with Crippen molar-refractivity contribution in [1.29, 1.82) is 0 Å². The number of hydrogen-bond acceptors (Lipinski definition) is 6. The Morgan fingerprint density at radius 2 is 0.595 bits per heavy atom. The molecule has 0 saturated carbocycles. The normalized spacial score (nSPS) is 9.16. The van der Waals surface area contributed by atoms with Crippen molar-refractivity contribution in [2.24, 2.45) is 0 Å². The molecule has 1 radical (unpaired) electrons. The van der Waals surface area contributed by atoms with Crippen LogP contribution in [0.2, 0.25) is 0 Å². The van der Waals surface area contributed by atoms with Crippen molar-refractivity contribution in [2.45, 2.75) is 40.0 Å². The summed E-state index contributed by atoms with van der Waals surface area (Å²) in [5, 5.41) is 0. The fourth-order valence-electron chi connectivity index (χ4n) is 2.86. The van der Waals surface area contributed by atoms with Crippen molar-refractivity contribution in [1.82, 2.24) is 0 Å². The molecular weight excluding hydrogens is 515 g/mol. The standard InChI is InChI=1S/3C10H10O2.Co/c3*1-8(11)7-10(12)9-5-3-2-4-6-9;/h3*2-6H,7H2,1H3;. The van der Waals surface area contributed by atoms with E-state index in [0.717, 1.165) is 0 Å². The van der Waals surface area contributed by atoms with Crippen LogP contribution in [-0.2, 0) is 31.2 Å². The molecule has 3 rings (SSSR count). The summed E-state index contributed by atoms with van der Waals surface area (Å²) in [6.45, 7) is 4.25. The number of rotatable bonds is 9. The van der Waals surface area contributed by atoms with Gasteiger partial charge in [-0.2, -0.15) is 0 Å². The van der Waals surface area contributed by atoms with Gasteiger partial charge in [-0.3, -0.25) is 28.8 Å². The van der Waals surface area contributed by atoms with Crippen LogP contribution in [-0.4, -0.2) is 34.7 Å². The first-order valence-corrected chi connectivity index (χ1v) is 11.3. The molecule has 0 aliphatic heterocycles. The molecule has 0 fully saturated rings. The summed E-state index contributed by atoms with van der Waals surface area (Å²) in [4.78, 5) is 65.5. The van der Waals surface area contributed by atoms with Crippen LogP contribution in [0.25, 0.3) is 0 Å². The molecule has 0 aliphatic carbocycles. The Bertz CT molecular complexity index is 1020. The van der Waals surface area contributed by atoms with E-state index in [-0.39, 0.29) is 70.7 Å². The van der Waals surface area contributed by atoms with E-state index in [9.17, 15) is 28.8 Å². The molecule has 195 valence electrons. The Morgan fingerprint density at radius 1 is 0.405 bits per heavy atom. The molecule has 0 saturated heterocycles. The van der Waals surface area contributed by atoms with Crippen LogP contribution in [0.15, 0.2) is 91.0 Å². The third-order valence-corrected chi connectivity index (χ3v) is 4.52. The summed E-state index contributed by atoms with van der Waals surface area (Å²) in [7, 11) is 0. The van der Waals surface area contributed by atoms with Crippen LogP contribution in [0, 0.1) is 0 Å². The molecule has 6 nitrogen and oxygen atoms in total. The second kappa shape index (κ2) is 18.5. The molecule has 0 aliphatic rings. The van der Waals surface area contributed by atoms with Gasteiger partial charge in [0.2, 0.25) is 0 Å². The summed E-state index contributed by atoms with van der Waals surface area (Å²) >= 11 is 0. The fraction of sp³-hybridized carbons (Fsp3) is 0.200. The molecule has 37 heavy (non-hydrogen) atoms. The summed E-state index contributed by atoms with van der Waals surface area (Å²) in [6, 6.07) is 26.5. The van der Waals surface area contributed by atoms with Gasteiger partial charge >= 0.3 is 0 Å². The van der Waals surface area contributed by atoms with Gasteiger partial charge in [0.25, 0.3) is 0 Å². The third kappa shape index (κ3) is 15.0. The smallest absolute Gasteiger partial charge is 0.170 e. The maximum Gasteiger partial charge on any atom is 0.170 e. The number of benzene rings is 3. The quantitative estimate of drug-likeness (QED) is 0.258. The third-order valence-electron chi connectivity index (χ3n) is 4.52. The van der Waals surface area contributed by atoms with Crippen molar-refractivity contribution in [3.63, 3.8) is 0 Å². The Balaban J connectivity index is 0.000000518. The van der Waals surface area contributed by atoms with Crippen LogP contribution < -0.4 is 0 Å². The van der Waals surface area contributed by atoms with Gasteiger partial charge in [0.1, 0.15) is 17.3 Å². The van der Waals surface area contributed by atoms with Crippen LogP contribution in [0.3, 0.4) is 0 Å². The maximum atomic E-state index is 11.2. The molecule has 3 aromatic carbocycles. The zero-order chi connectivity index (χ0) is 26.9. The Morgan fingerprint density at radius 3 is 0.757 bits per heavy atom. The van der Waals surface area contributed by atoms with Crippen molar-refractivity contribution < 1.29 is 45.5 Å². The number of ketones is 6. The first kappa shape index (κ1) is 33.2. The van der Waals surface area contributed by atoms with E-state index < -0.39 is 0 Å². The maximum absolute atomic E-state index is 11.2. The summed E-state index contributed by atoms with van der Waals surface area (Å²) < 4.78 is 0. The van der Waals surface area contributed by atoms with Gasteiger partial charge < -0.3 is 0 Å². The molecule has 0 unspecified atom stereocenters. The van der Waals surface area contributed by atoms with Crippen LogP contribution in [0.4, 0.5) is 0 Å². The van der Waals surface area contributed by atoms with Crippen molar-refractivity contribution in [2.75, 3.05) is 0 Å². The Hall–Kier alpha value is -3.81. The van der Waals surface area contributed by atoms with Gasteiger partial charge in [0.15, 0.2) is 17.3 Å². The molecule has 0 spiro atoms. The molecule has 0 heterocycles. The molecule has 0 N–H and O–H groups in total. The zero-order valence-electron chi connectivity index (χ0n) is 21.1. The predicted octanol–water partition coefficient (Wildman–Crippen LogP) is 5.54. The van der Waals surface area contributed by atoms with E-state index in [1.54, 1.807) is 72.8 Å². The zero-order valence-corrected chi connectivity index (χ0v) is 22.1. The van der Waals surface area contributed by atoms with Crippen molar-refractivity contribution >= 4 is 34.7 Å². The number of hydrogen-bond donors (Lipinski definition) is 0. The molecule has 3 aromatic rings. The summed E-state index contributed by atoms with van der Waals surface area (Å²) in [6.07, 6.45) is 0.0119. The van der Waals surface area contributed by atoms with E-state index in [4.69, 9.17) is 0 Å². The fourth-order valence-corrected chi connectivity index (χ4v) is 2.86. The van der Waals surface area contributed by atoms with E-state index >= 15 is 0 Å². The van der Waals surface area contributed by atoms with E-state index in [2.05, 4.69) is 0 Å². The van der Waals surface area contributed by atoms with Gasteiger partial charge in [0, 0.05) is 33.5 Å². The molecule has 0 atom stereocenters. The molecule has 0 amide bonds. The van der Waals surface area contributed by atoms with Crippen molar-refractivity contribution in [3.05, 3.63) is 108 Å². The summed E-state index contributed by atoms with van der Waals surface area (Å²) in [5.74, 6) is -0.606. The Labute approximate surface area is 227 Å². The Kier molecular flexibility index (Phi) is 16.6. The minimum Gasteiger partial charge on any atom is -0.300 e. The summed E-state index contributed by atoms with van der Waals surface area (Å²) in [5.41, 5.74) is 1.81. The number of Topliss-reactive ketones (excluding diaryl/α,β-unsaturated/α-hetero) is 6. The minimum atomic E-state index is -0.108. The van der Waals surface area contributed by atoms with Gasteiger partial charge in [-0.1, -0.05) is 91.0 Å². The van der Waals surface area contributed by atoms with Gasteiger partial charge in [-0.15, -0.1) is 0 Å². The second-order valence-electron chi connectivity index (χ2n) is 8.00. The second-order valence-corrected chi connectivity index (χ2v) is 8.00. The average molecular weight is 545 g/mol. The molecule has 0 bridgehead atoms. The van der Waals surface area contributed by atoms with Gasteiger partial charge in [-0.05, 0) is 20.8 Å². The van der Waals surface area contributed by atoms with Crippen molar-refractivity contribution in [3.8, 4) is 0 Å². The largest absolute Gasteiger partial charge is 0.300 e. The minimum absolute atomic E-state index is 0. The topological polar surface area (TPSA) is 102 Å². The number of carbonyl (C=O) groups excluding carboxylic acids is 6. The van der Waals surface area contributed by atoms with Crippen LogP contribution in [0.5, 0.6) is 0 Å². The molecule has 0 aromatic heterocycles. The van der Waals surface area contributed by atoms with E-state index in [0.29, 0.717) is 16.7 Å². The first-order chi connectivity index (χ1) is 17.1. The van der Waals surface area contributed by atoms with Gasteiger partial charge in [-0.25, -0.2) is 0 Å². The van der Waals surface area contributed by atoms with Crippen LogP contribution in [0.1, 0.15) is 71.1 Å². The van der Waals surface area contributed by atoms with E-state index in [1.807, 2.05) is 18.2 Å². The van der Waals surface area contributed by atoms with Crippen LogP contribution >= 0.6 is 0 Å². The SMILES string of the molecule is CC(=O)CC(=O)c1ccccc1.CC(=O)CC(=O)c1ccccc1.CC(=O)CC(=O)c1ccccc1.[Co]. The van der Waals surface area contributed by atoms with E-state index in [1.165, 1.54) is 20.8 Å². The average Bonchev–Trinajstić information content (AvgIpc) is 2.85. The van der Waals surface area contributed by atoms with Gasteiger partial charge in [0.05, 0.1) is 19.3 Å². The monoisotopic (exact) mass is 545 g/mol. The first-order valence-electron chi connectivity index (χ1n) is 11.3. The molecule has 7 heteroatoms. The molecular formula is C30H30CoO6.